The number of furan rings is 1. The van der Waals surface area contributed by atoms with Crippen LogP contribution >= 0.6 is 11.8 Å². The zero-order valence-corrected chi connectivity index (χ0v) is 16.3. The zero-order chi connectivity index (χ0) is 20.1. The number of nitrogens with zero attached hydrogens (tertiary/aromatic N) is 3. The summed E-state index contributed by atoms with van der Waals surface area (Å²) in [5.41, 5.74) is 1.82. The van der Waals surface area contributed by atoms with Crippen LogP contribution in [0.2, 0.25) is 0 Å². The molecule has 1 aliphatic rings. The Hall–Kier alpha value is -3.19. The smallest absolute Gasteiger partial charge is 0.242 e. The fraction of sp³-hybridized carbons (Fsp3) is 0.136. The van der Waals surface area contributed by atoms with Crippen LogP contribution in [0.4, 0.5) is 4.39 Å². The Morgan fingerprint density at radius 1 is 1.07 bits per heavy atom. The van der Waals surface area contributed by atoms with Crippen molar-refractivity contribution in [1.82, 2.24) is 4.90 Å². The van der Waals surface area contributed by atoms with Crippen LogP contribution in [0, 0.1) is 5.82 Å². The molecule has 1 unspecified atom stereocenters. The van der Waals surface area contributed by atoms with Crippen LogP contribution in [-0.4, -0.2) is 27.4 Å². The highest BCUT2D eigenvalue weighted by Crippen LogP contribution is 2.31. The average Bonchev–Trinajstić information content (AvgIpc) is 3.35. The Bertz CT molecular complexity index is 1020. The van der Waals surface area contributed by atoms with Crippen molar-refractivity contribution in [2.75, 3.05) is 0 Å². The molecular formula is C22H18FN3O2S. The monoisotopic (exact) mass is 407 g/mol. The van der Waals surface area contributed by atoms with Gasteiger partial charge in [-0.15, -0.1) is 5.10 Å². The lowest BCUT2D eigenvalue weighted by Gasteiger charge is -2.14. The molecule has 1 saturated heterocycles. The summed E-state index contributed by atoms with van der Waals surface area (Å²) in [5, 5.41) is 8.62. The van der Waals surface area contributed by atoms with Crippen molar-refractivity contribution < 1.29 is 13.6 Å². The molecule has 1 fully saturated rings. The lowest BCUT2D eigenvalue weighted by molar-refractivity contribution is -0.126. The van der Waals surface area contributed by atoms with Gasteiger partial charge < -0.3 is 4.42 Å². The van der Waals surface area contributed by atoms with Gasteiger partial charge in [-0.25, -0.2) is 4.39 Å². The topological polar surface area (TPSA) is 58.2 Å². The van der Waals surface area contributed by atoms with Crippen LogP contribution in [0.5, 0.6) is 0 Å². The number of amides is 1. The quantitative estimate of drug-likeness (QED) is 0.447. The number of halogens is 1. The van der Waals surface area contributed by atoms with E-state index in [0.717, 1.165) is 11.1 Å². The third-order valence-corrected chi connectivity index (χ3v) is 5.56. The number of hydrogen-bond donors (Lipinski definition) is 0. The van der Waals surface area contributed by atoms with Gasteiger partial charge in [0, 0.05) is 0 Å². The Labute approximate surface area is 171 Å². The van der Waals surface area contributed by atoms with Gasteiger partial charge in [0.15, 0.2) is 5.17 Å². The number of rotatable bonds is 6. The summed E-state index contributed by atoms with van der Waals surface area (Å²) >= 11 is 1.36. The first-order chi connectivity index (χ1) is 14.2. The maximum atomic E-state index is 13.2. The molecule has 1 aliphatic heterocycles. The molecule has 4 rings (SSSR count). The first kappa shape index (κ1) is 19.1. The Morgan fingerprint density at radius 3 is 2.59 bits per heavy atom. The van der Waals surface area contributed by atoms with Gasteiger partial charge in [-0.3, -0.25) is 9.69 Å². The maximum absolute atomic E-state index is 13.2. The summed E-state index contributed by atoms with van der Waals surface area (Å²) in [7, 11) is 0. The standard InChI is InChI=1S/C22H18FN3O2S/c23-18-10-8-16(9-11-18)13-20-21(27)26(15-19-7-4-12-28-19)22(29-20)25-24-14-17-5-2-1-3-6-17/h1-12,14,20H,13,15H2/b24-14+,25-22-. The molecule has 1 amide bonds. The van der Waals surface area contributed by atoms with E-state index in [4.69, 9.17) is 4.42 Å². The summed E-state index contributed by atoms with van der Waals surface area (Å²) in [6.45, 7) is 0.290. The molecule has 0 radical (unpaired) electrons. The van der Waals surface area contributed by atoms with E-state index in [2.05, 4.69) is 10.2 Å². The van der Waals surface area contributed by atoms with Gasteiger partial charge in [0.05, 0.1) is 24.3 Å². The van der Waals surface area contributed by atoms with Gasteiger partial charge in [0.2, 0.25) is 5.91 Å². The minimum absolute atomic E-state index is 0.0654. The zero-order valence-electron chi connectivity index (χ0n) is 15.4. The normalized spacial score (nSPS) is 18.2. The maximum Gasteiger partial charge on any atom is 0.242 e. The van der Waals surface area contributed by atoms with Gasteiger partial charge in [0.1, 0.15) is 11.6 Å². The number of amidine groups is 1. The number of thioether (sulfide) groups is 1. The Balaban J connectivity index is 1.54. The fourth-order valence-corrected chi connectivity index (χ4v) is 4.07. The first-order valence-corrected chi connectivity index (χ1v) is 9.98. The van der Waals surface area contributed by atoms with E-state index in [-0.39, 0.29) is 17.0 Å². The van der Waals surface area contributed by atoms with Crippen molar-refractivity contribution in [2.24, 2.45) is 10.2 Å². The van der Waals surface area contributed by atoms with Gasteiger partial charge in [-0.2, -0.15) is 5.10 Å². The molecule has 1 aromatic heterocycles. The predicted molar refractivity (Wildman–Crippen MR) is 112 cm³/mol. The van der Waals surface area contributed by atoms with Gasteiger partial charge >= 0.3 is 0 Å². The van der Waals surface area contributed by atoms with Gasteiger partial charge in [-0.05, 0) is 41.8 Å². The van der Waals surface area contributed by atoms with E-state index in [9.17, 15) is 9.18 Å². The molecule has 7 heteroatoms. The van der Waals surface area contributed by atoms with E-state index in [0.29, 0.717) is 23.9 Å². The molecule has 29 heavy (non-hydrogen) atoms. The molecule has 1 atom stereocenters. The lowest BCUT2D eigenvalue weighted by atomic mass is 10.1. The number of benzene rings is 2. The van der Waals surface area contributed by atoms with Crippen LogP contribution < -0.4 is 0 Å². The van der Waals surface area contributed by atoms with E-state index < -0.39 is 0 Å². The highest BCUT2D eigenvalue weighted by molar-refractivity contribution is 8.15. The van der Waals surface area contributed by atoms with Crippen molar-refractivity contribution in [3.8, 4) is 0 Å². The van der Waals surface area contributed by atoms with Crippen LogP contribution in [0.15, 0.2) is 87.6 Å². The molecule has 0 bridgehead atoms. The SMILES string of the molecule is O=C1C(Cc2ccc(F)cc2)S/C(=N\N=C\c2ccccc2)N1Cc1ccco1. The minimum atomic E-state index is -0.346. The van der Waals surface area contributed by atoms with Crippen molar-refractivity contribution >= 4 is 29.1 Å². The van der Waals surface area contributed by atoms with Gasteiger partial charge in [0.25, 0.3) is 0 Å². The van der Waals surface area contributed by atoms with E-state index in [1.165, 1.54) is 23.9 Å². The summed E-state index contributed by atoms with van der Waals surface area (Å²) in [5.74, 6) is 0.307. The summed E-state index contributed by atoms with van der Waals surface area (Å²) in [4.78, 5) is 14.6. The number of hydrogen-bond acceptors (Lipinski definition) is 5. The molecule has 146 valence electrons. The fourth-order valence-electron chi connectivity index (χ4n) is 2.94. The summed E-state index contributed by atoms with van der Waals surface area (Å²) in [6, 6.07) is 19.4. The van der Waals surface area contributed by atoms with E-state index in [1.54, 1.807) is 35.6 Å². The molecule has 0 N–H and O–H groups in total. The second-order valence-electron chi connectivity index (χ2n) is 6.48. The average molecular weight is 407 g/mol. The first-order valence-electron chi connectivity index (χ1n) is 9.10. The Morgan fingerprint density at radius 2 is 1.86 bits per heavy atom. The third-order valence-electron chi connectivity index (χ3n) is 4.40. The highest BCUT2D eigenvalue weighted by atomic mass is 32.2. The van der Waals surface area contributed by atoms with Crippen LogP contribution in [0.25, 0.3) is 0 Å². The molecule has 0 aliphatic carbocycles. The van der Waals surface area contributed by atoms with Gasteiger partial charge in [-0.1, -0.05) is 54.2 Å². The Kier molecular flexibility index (Phi) is 5.86. The summed E-state index contributed by atoms with van der Waals surface area (Å²) in [6.07, 6.45) is 3.71. The molecular weight excluding hydrogens is 389 g/mol. The molecule has 2 heterocycles. The largest absolute Gasteiger partial charge is 0.467 e. The number of carbonyl (C=O) groups excluding carboxylic acids is 1. The van der Waals surface area contributed by atoms with Crippen molar-refractivity contribution in [1.29, 1.82) is 0 Å². The van der Waals surface area contributed by atoms with E-state index in [1.807, 2.05) is 36.4 Å². The van der Waals surface area contributed by atoms with E-state index >= 15 is 0 Å². The second-order valence-corrected chi connectivity index (χ2v) is 7.65. The molecule has 0 spiro atoms. The highest BCUT2D eigenvalue weighted by Gasteiger charge is 2.38. The third kappa shape index (κ3) is 4.81. The lowest BCUT2D eigenvalue weighted by Crippen LogP contribution is -2.32. The minimum Gasteiger partial charge on any atom is -0.467 e. The summed E-state index contributed by atoms with van der Waals surface area (Å²) < 4.78 is 18.6. The molecule has 2 aromatic carbocycles. The van der Waals surface area contributed by atoms with Crippen molar-refractivity contribution in [3.63, 3.8) is 0 Å². The predicted octanol–water partition coefficient (Wildman–Crippen LogP) is 4.50. The molecule has 5 nitrogen and oxygen atoms in total. The van der Waals surface area contributed by atoms with Crippen LogP contribution in [0.1, 0.15) is 16.9 Å². The number of carbonyl (C=O) groups is 1. The van der Waals surface area contributed by atoms with Crippen molar-refractivity contribution in [3.05, 3.63) is 95.7 Å². The second kappa shape index (κ2) is 8.87. The molecule has 0 saturated carbocycles. The molecule has 3 aromatic rings. The van der Waals surface area contributed by atoms with Crippen LogP contribution in [-0.2, 0) is 17.8 Å². The van der Waals surface area contributed by atoms with Crippen LogP contribution in [0.3, 0.4) is 0 Å². The van der Waals surface area contributed by atoms with Crippen molar-refractivity contribution in [2.45, 2.75) is 18.2 Å².